The molecule has 162 valence electrons. The van der Waals surface area contributed by atoms with E-state index in [1.54, 1.807) is 54.9 Å². The van der Waals surface area contributed by atoms with Crippen LogP contribution in [0.5, 0.6) is 11.5 Å². The predicted octanol–water partition coefficient (Wildman–Crippen LogP) is 3.99. The molecule has 0 fully saturated rings. The van der Waals surface area contributed by atoms with E-state index >= 15 is 0 Å². The highest BCUT2D eigenvalue weighted by molar-refractivity contribution is 6.09. The highest BCUT2D eigenvalue weighted by Gasteiger charge is 2.17. The molecule has 4 rings (SSSR count). The summed E-state index contributed by atoms with van der Waals surface area (Å²) >= 11 is 0. The number of amides is 3. The molecule has 3 amide bonds. The highest BCUT2D eigenvalue weighted by atomic mass is 16.5. The van der Waals surface area contributed by atoms with E-state index in [0.717, 1.165) is 10.9 Å². The molecule has 0 spiro atoms. The Balaban J connectivity index is 1.54. The Kier molecular flexibility index (Phi) is 5.63. The van der Waals surface area contributed by atoms with Crippen molar-refractivity contribution in [3.8, 4) is 22.6 Å². The van der Waals surface area contributed by atoms with Crippen LogP contribution in [0.4, 0.5) is 16.2 Å². The molecule has 0 saturated heterocycles. The number of carbonyl (C=O) groups excluding carboxylic acids is 2. The molecule has 2 aromatic carbocycles. The number of nitrogens with one attached hydrogen (secondary N) is 3. The van der Waals surface area contributed by atoms with Crippen LogP contribution in [0.3, 0.4) is 0 Å². The van der Waals surface area contributed by atoms with Crippen molar-refractivity contribution in [2.45, 2.75) is 0 Å². The third-order valence-corrected chi connectivity index (χ3v) is 4.89. The number of carbonyl (C=O) groups is 2. The molecule has 9 heteroatoms. The Bertz CT molecular complexity index is 1280. The average Bonchev–Trinajstić information content (AvgIpc) is 3.19. The van der Waals surface area contributed by atoms with Crippen LogP contribution < -0.4 is 25.8 Å². The van der Waals surface area contributed by atoms with Crippen molar-refractivity contribution in [2.24, 2.45) is 5.73 Å². The van der Waals surface area contributed by atoms with Crippen molar-refractivity contribution < 1.29 is 19.1 Å². The van der Waals surface area contributed by atoms with E-state index in [9.17, 15) is 9.59 Å². The van der Waals surface area contributed by atoms with Crippen molar-refractivity contribution in [3.63, 3.8) is 0 Å². The molecule has 0 aliphatic rings. The molecular formula is C23H21N5O4. The molecule has 2 heterocycles. The lowest BCUT2D eigenvalue weighted by Crippen LogP contribution is -2.19. The zero-order valence-electron chi connectivity index (χ0n) is 17.4. The summed E-state index contributed by atoms with van der Waals surface area (Å²) in [4.78, 5) is 31.5. The number of hydrogen-bond acceptors (Lipinski definition) is 5. The summed E-state index contributed by atoms with van der Waals surface area (Å²) in [6, 6.07) is 13.6. The first-order valence-electron chi connectivity index (χ1n) is 9.65. The molecule has 0 aliphatic carbocycles. The smallest absolute Gasteiger partial charge is 0.323 e. The van der Waals surface area contributed by atoms with Crippen LogP contribution in [-0.4, -0.2) is 36.1 Å². The van der Waals surface area contributed by atoms with Gasteiger partial charge < -0.3 is 30.8 Å². The van der Waals surface area contributed by atoms with Crippen molar-refractivity contribution >= 4 is 34.2 Å². The molecule has 4 aromatic rings. The van der Waals surface area contributed by atoms with Crippen LogP contribution in [0.25, 0.3) is 22.0 Å². The number of aromatic nitrogens is 2. The van der Waals surface area contributed by atoms with Gasteiger partial charge in [0.25, 0.3) is 5.91 Å². The molecule has 0 atom stereocenters. The molecule has 9 nitrogen and oxygen atoms in total. The van der Waals surface area contributed by atoms with Crippen molar-refractivity contribution in [3.05, 3.63) is 66.6 Å². The summed E-state index contributed by atoms with van der Waals surface area (Å²) in [5, 5.41) is 6.35. The van der Waals surface area contributed by atoms with Gasteiger partial charge in [-0.05, 0) is 23.8 Å². The largest absolute Gasteiger partial charge is 0.497 e. The summed E-state index contributed by atoms with van der Waals surface area (Å²) in [6.45, 7) is 0. The van der Waals surface area contributed by atoms with Crippen molar-refractivity contribution in [1.82, 2.24) is 9.97 Å². The Morgan fingerprint density at radius 1 is 0.938 bits per heavy atom. The van der Waals surface area contributed by atoms with Crippen LogP contribution in [0, 0.1) is 0 Å². The number of primary amides is 1. The summed E-state index contributed by atoms with van der Waals surface area (Å²) in [7, 11) is 3.07. The van der Waals surface area contributed by atoms with Crippen LogP contribution >= 0.6 is 0 Å². The van der Waals surface area contributed by atoms with Gasteiger partial charge in [0.15, 0.2) is 0 Å². The molecule has 0 saturated carbocycles. The van der Waals surface area contributed by atoms with Gasteiger partial charge in [0.2, 0.25) is 0 Å². The molecule has 32 heavy (non-hydrogen) atoms. The van der Waals surface area contributed by atoms with Gasteiger partial charge in [-0.15, -0.1) is 0 Å². The maximum absolute atomic E-state index is 12.4. The van der Waals surface area contributed by atoms with Crippen molar-refractivity contribution in [1.29, 1.82) is 0 Å². The quantitative estimate of drug-likeness (QED) is 0.367. The fraction of sp³-hybridized carbons (Fsp3) is 0.0870. The Morgan fingerprint density at radius 2 is 1.59 bits per heavy atom. The van der Waals surface area contributed by atoms with Gasteiger partial charge in [-0.1, -0.05) is 12.1 Å². The second-order valence-electron chi connectivity index (χ2n) is 6.92. The van der Waals surface area contributed by atoms with Gasteiger partial charge in [0.1, 0.15) is 17.2 Å². The third-order valence-electron chi connectivity index (χ3n) is 4.89. The fourth-order valence-corrected chi connectivity index (χ4v) is 3.42. The minimum atomic E-state index is -0.563. The van der Waals surface area contributed by atoms with Crippen LogP contribution in [0.15, 0.2) is 60.9 Å². The fourth-order valence-electron chi connectivity index (χ4n) is 3.42. The number of nitrogens with zero attached hydrogens (tertiary/aromatic N) is 1. The first-order chi connectivity index (χ1) is 15.5. The van der Waals surface area contributed by atoms with Gasteiger partial charge in [0, 0.05) is 46.7 Å². The number of ether oxygens (including phenoxy) is 2. The summed E-state index contributed by atoms with van der Waals surface area (Å²) in [5.41, 5.74) is 9.13. The maximum atomic E-state index is 12.4. The first-order valence-corrected chi connectivity index (χ1v) is 9.65. The number of H-pyrrole nitrogens is 1. The van der Waals surface area contributed by atoms with Crippen molar-refractivity contribution in [2.75, 3.05) is 24.9 Å². The first kappa shape index (κ1) is 20.7. The van der Waals surface area contributed by atoms with Gasteiger partial charge >= 0.3 is 6.03 Å². The van der Waals surface area contributed by atoms with E-state index in [1.807, 2.05) is 6.07 Å². The summed E-state index contributed by atoms with van der Waals surface area (Å²) in [6.07, 6.45) is 3.29. The average molecular weight is 431 g/mol. The van der Waals surface area contributed by atoms with Crippen LogP contribution in [0.1, 0.15) is 10.5 Å². The summed E-state index contributed by atoms with van der Waals surface area (Å²) in [5.74, 6) is 0.554. The standard InChI is InChI=1S/C23H21N5O4/c1-31-16-9-15(10-17(11-16)32-2)27-23(30)26-14-5-3-13(4-6-14)20-18-7-8-25-12-19(18)28-21(20)22(24)29/h3-12,28H,1-2H3,(H2,24,29)(H2,26,27,30). The SMILES string of the molecule is COc1cc(NC(=O)Nc2ccc(-c3c(C(N)=O)[nH]c4cnccc34)cc2)cc(OC)c1. The second-order valence-corrected chi connectivity index (χ2v) is 6.92. The second kappa shape index (κ2) is 8.68. The van der Waals surface area contributed by atoms with Gasteiger partial charge in [0.05, 0.1) is 25.9 Å². The number of fused-ring (bicyclic) bond motifs is 1. The Morgan fingerprint density at radius 3 is 2.22 bits per heavy atom. The zero-order valence-corrected chi connectivity index (χ0v) is 17.4. The van der Waals surface area contributed by atoms with E-state index < -0.39 is 11.9 Å². The lowest BCUT2D eigenvalue weighted by molar-refractivity contribution is 0.0997. The molecular weight excluding hydrogens is 410 g/mol. The molecule has 0 unspecified atom stereocenters. The molecule has 2 aromatic heterocycles. The Hall–Kier alpha value is -4.53. The van der Waals surface area contributed by atoms with Gasteiger partial charge in [-0.25, -0.2) is 4.79 Å². The number of pyridine rings is 1. The number of rotatable bonds is 6. The lowest BCUT2D eigenvalue weighted by atomic mass is 10.0. The normalized spacial score (nSPS) is 10.6. The maximum Gasteiger partial charge on any atom is 0.323 e. The molecule has 5 N–H and O–H groups in total. The molecule has 0 aliphatic heterocycles. The topological polar surface area (TPSA) is 131 Å². The van der Waals surface area contributed by atoms with E-state index in [2.05, 4.69) is 20.6 Å². The minimum Gasteiger partial charge on any atom is -0.497 e. The number of nitrogens with two attached hydrogens (primary N) is 1. The van der Waals surface area contributed by atoms with Crippen LogP contribution in [0.2, 0.25) is 0 Å². The van der Waals surface area contributed by atoms with E-state index in [4.69, 9.17) is 15.2 Å². The zero-order chi connectivity index (χ0) is 22.7. The number of anilines is 2. The third kappa shape index (κ3) is 4.17. The van der Waals surface area contributed by atoms with E-state index in [-0.39, 0.29) is 0 Å². The Labute approximate surface area is 183 Å². The highest BCUT2D eigenvalue weighted by Crippen LogP contribution is 2.32. The predicted molar refractivity (Wildman–Crippen MR) is 122 cm³/mol. The van der Waals surface area contributed by atoms with E-state index in [1.165, 1.54) is 14.2 Å². The summed E-state index contributed by atoms with van der Waals surface area (Å²) < 4.78 is 10.4. The number of urea groups is 1. The van der Waals surface area contributed by atoms with Crippen LogP contribution in [-0.2, 0) is 0 Å². The number of benzene rings is 2. The minimum absolute atomic E-state index is 0.304. The number of aromatic amines is 1. The molecule has 0 radical (unpaired) electrons. The monoisotopic (exact) mass is 431 g/mol. The lowest BCUT2D eigenvalue weighted by Gasteiger charge is -2.11. The van der Waals surface area contributed by atoms with Gasteiger partial charge in [-0.2, -0.15) is 0 Å². The number of methoxy groups -OCH3 is 2. The van der Waals surface area contributed by atoms with Gasteiger partial charge in [-0.3, -0.25) is 9.78 Å². The van der Waals surface area contributed by atoms with E-state index in [0.29, 0.717) is 39.6 Å². The number of hydrogen-bond donors (Lipinski definition) is 4. The molecule has 0 bridgehead atoms.